The van der Waals surface area contributed by atoms with Gasteiger partial charge >= 0.3 is 42.8 Å². The highest BCUT2D eigenvalue weighted by atomic mass is 28.5. The number of rotatable bonds is 9. The van der Waals surface area contributed by atoms with Crippen LogP contribution < -0.4 is 0 Å². The van der Waals surface area contributed by atoms with Crippen molar-refractivity contribution in [3.05, 3.63) is 0 Å². The summed E-state index contributed by atoms with van der Waals surface area (Å²) in [6.45, 7) is 19.4. The Bertz CT molecular complexity index is 366. The fourth-order valence-corrected chi connectivity index (χ4v) is 23.5. The summed E-state index contributed by atoms with van der Waals surface area (Å²) in [5, 5.41) is 0. The normalized spacial score (nSPS) is 15.3. The summed E-state index contributed by atoms with van der Waals surface area (Å²) in [6.07, 6.45) is 0. The van der Waals surface area contributed by atoms with E-state index in [1.165, 1.54) is 0 Å². The van der Waals surface area contributed by atoms with Crippen LogP contribution in [0.15, 0.2) is 0 Å². The van der Waals surface area contributed by atoms with E-state index in [-0.39, 0.29) is 0 Å². The van der Waals surface area contributed by atoms with Gasteiger partial charge in [-0.3, -0.25) is 0 Å². The van der Waals surface area contributed by atoms with Gasteiger partial charge in [-0.15, -0.1) is 0 Å². The lowest BCUT2D eigenvalue weighted by molar-refractivity contribution is 0.254. The average molecular weight is 403 g/mol. The molecule has 0 amide bonds. The highest BCUT2D eigenvalue weighted by molar-refractivity contribution is 6.89. The van der Waals surface area contributed by atoms with Crippen LogP contribution in [0.1, 0.15) is 0 Å². The maximum Gasteiger partial charge on any atom is 0.322 e. The first-order valence-electron chi connectivity index (χ1n) is 7.47. The van der Waals surface area contributed by atoms with Crippen LogP contribution in [0.25, 0.3) is 0 Å². The van der Waals surface area contributed by atoms with Crippen molar-refractivity contribution < 1.29 is 25.7 Å². The van der Waals surface area contributed by atoms with E-state index in [9.17, 15) is 4.80 Å². The first kappa shape index (κ1) is 22.8. The van der Waals surface area contributed by atoms with Gasteiger partial charge in [0.15, 0.2) is 0 Å². The van der Waals surface area contributed by atoms with Gasteiger partial charge in [0, 0.05) is 7.11 Å². The predicted octanol–water partition coefficient (Wildman–Crippen LogP) is 3.20. The smallest absolute Gasteiger partial charge is 0.322 e. The molecule has 0 fully saturated rings. The Kier molecular flexibility index (Phi) is 7.67. The Morgan fingerprint density at radius 1 is 0.500 bits per heavy atom. The standard InChI is InChI=1S/C11H34O6Si5/c1-13-19(4,5)15-21(8,9)17-22(10,11)16-20(6,7)14-18(2,3)12/h12H,1-11H3. The molecular formula is C11H34O6Si5. The Labute approximate surface area is 141 Å². The topological polar surface area (TPSA) is 66.4 Å². The second-order valence-electron chi connectivity index (χ2n) is 7.66. The molecule has 6 nitrogen and oxygen atoms in total. The van der Waals surface area contributed by atoms with E-state index < -0.39 is 42.8 Å². The quantitative estimate of drug-likeness (QED) is 0.597. The molecule has 0 saturated carbocycles. The number of hydrogen-bond acceptors (Lipinski definition) is 6. The van der Waals surface area contributed by atoms with Crippen LogP contribution in [0.2, 0.25) is 65.5 Å². The Morgan fingerprint density at radius 2 is 0.773 bits per heavy atom. The minimum atomic E-state index is -2.62. The zero-order chi connectivity index (χ0) is 18.0. The molecule has 0 atom stereocenters. The lowest BCUT2D eigenvalue weighted by atomic mass is 11.8. The van der Waals surface area contributed by atoms with E-state index in [2.05, 4.69) is 0 Å². The molecule has 0 saturated heterocycles. The van der Waals surface area contributed by atoms with E-state index in [0.29, 0.717) is 0 Å². The van der Waals surface area contributed by atoms with Gasteiger partial charge < -0.3 is 25.7 Å². The molecule has 0 unspecified atom stereocenters. The summed E-state index contributed by atoms with van der Waals surface area (Å²) in [5.41, 5.74) is 0. The van der Waals surface area contributed by atoms with Gasteiger partial charge in [0.1, 0.15) is 0 Å². The molecule has 0 aliphatic heterocycles. The minimum absolute atomic E-state index is 1.67. The van der Waals surface area contributed by atoms with Gasteiger partial charge in [0.2, 0.25) is 0 Å². The summed E-state index contributed by atoms with van der Waals surface area (Å²) >= 11 is 0. The molecular weight excluding hydrogens is 369 g/mol. The summed E-state index contributed by atoms with van der Waals surface area (Å²) in [4.78, 5) is 9.99. The molecule has 0 radical (unpaired) electrons. The molecule has 134 valence electrons. The molecule has 22 heavy (non-hydrogen) atoms. The molecule has 0 aromatic heterocycles. The van der Waals surface area contributed by atoms with Crippen LogP contribution in [-0.4, -0.2) is 54.7 Å². The van der Waals surface area contributed by atoms with Gasteiger partial charge in [-0.25, -0.2) is 0 Å². The van der Waals surface area contributed by atoms with Crippen LogP contribution >= 0.6 is 0 Å². The first-order chi connectivity index (χ1) is 9.39. The second kappa shape index (κ2) is 7.39. The van der Waals surface area contributed by atoms with Crippen molar-refractivity contribution in [1.82, 2.24) is 0 Å². The van der Waals surface area contributed by atoms with Crippen molar-refractivity contribution in [2.24, 2.45) is 0 Å². The van der Waals surface area contributed by atoms with Gasteiger partial charge in [-0.2, -0.15) is 0 Å². The van der Waals surface area contributed by atoms with Crippen LogP contribution in [0.5, 0.6) is 0 Å². The highest BCUT2D eigenvalue weighted by Gasteiger charge is 2.45. The maximum absolute atomic E-state index is 9.99. The predicted molar refractivity (Wildman–Crippen MR) is 101 cm³/mol. The molecule has 0 bridgehead atoms. The Hall–Kier alpha value is 0.844. The largest absolute Gasteiger partial charge is 0.416 e. The first-order valence-corrected chi connectivity index (χ1v) is 21.6. The summed E-state index contributed by atoms with van der Waals surface area (Å²) in [7, 11) is -10.4. The summed E-state index contributed by atoms with van der Waals surface area (Å²) < 4.78 is 29.9. The van der Waals surface area contributed by atoms with Crippen LogP contribution in [0, 0.1) is 0 Å². The maximum atomic E-state index is 9.99. The van der Waals surface area contributed by atoms with Gasteiger partial charge in [-0.05, 0) is 65.5 Å². The van der Waals surface area contributed by atoms with Gasteiger partial charge in [0.05, 0.1) is 0 Å². The molecule has 0 aliphatic rings. The lowest BCUT2D eigenvalue weighted by Crippen LogP contribution is -2.59. The molecule has 0 aromatic carbocycles. The van der Waals surface area contributed by atoms with E-state index in [1.807, 2.05) is 52.4 Å². The van der Waals surface area contributed by atoms with Crippen molar-refractivity contribution in [2.75, 3.05) is 7.11 Å². The van der Waals surface area contributed by atoms with Crippen molar-refractivity contribution >= 4 is 42.8 Å². The third-order valence-corrected chi connectivity index (χ3v) is 19.2. The summed E-state index contributed by atoms with van der Waals surface area (Å²) in [5.74, 6) is 0. The van der Waals surface area contributed by atoms with Crippen LogP contribution in [-0.2, 0) is 20.9 Å². The molecule has 11 heteroatoms. The SMILES string of the molecule is CO[Si](C)(C)O[Si](C)(C)O[Si](C)(C)O[Si](C)(C)O[Si](C)(C)O. The van der Waals surface area contributed by atoms with Gasteiger partial charge in [0.25, 0.3) is 0 Å². The molecule has 0 aliphatic carbocycles. The highest BCUT2D eigenvalue weighted by Crippen LogP contribution is 2.25. The van der Waals surface area contributed by atoms with Crippen molar-refractivity contribution in [2.45, 2.75) is 65.5 Å². The van der Waals surface area contributed by atoms with Crippen molar-refractivity contribution in [1.29, 1.82) is 0 Å². The Morgan fingerprint density at radius 3 is 1.05 bits per heavy atom. The zero-order valence-corrected chi connectivity index (χ0v) is 21.0. The minimum Gasteiger partial charge on any atom is -0.416 e. The Balaban J connectivity index is 4.88. The molecule has 0 rings (SSSR count). The zero-order valence-electron chi connectivity index (χ0n) is 16.0. The fourth-order valence-electron chi connectivity index (χ4n) is 2.48. The van der Waals surface area contributed by atoms with Crippen LogP contribution in [0.4, 0.5) is 0 Å². The van der Waals surface area contributed by atoms with Crippen molar-refractivity contribution in [3.8, 4) is 0 Å². The average Bonchev–Trinajstić information content (AvgIpc) is 2.06. The third kappa shape index (κ3) is 10.6. The fraction of sp³-hybridized carbons (Fsp3) is 1.00. The monoisotopic (exact) mass is 402 g/mol. The second-order valence-corrected chi connectivity index (χ2v) is 25.4. The molecule has 0 spiro atoms. The van der Waals surface area contributed by atoms with E-state index >= 15 is 0 Å². The number of hydrogen-bond donors (Lipinski definition) is 1. The third-order valence-electron chi connectivity index (χ3n) is 2.46. The van der Waals surface area contributed by atoms with Crippen molar-refractivity contribution in [3.63, 3.8) is 0 Å². The lowest BCUT2D eigenvalue weighted by Gasteiger charge is -2.41. The van der Waals surface area contributed by atoms with E-state index in [1.54, 1.807) is 20.2 Å². The molecule has 0 aromatic rings. The van der Waals surface area contributed by atoms with E-state index in [0.717, 1.165) is 0 Å². The van der Waals surface area contributed by atoms with Crippen LogP contribution in [0.3, 0.4) is 0 Å². The molecule has 1 N–H and O–H groups in total. The van der Waals surface area contributed by atoms with E-state index in [4.69, 9.17) is 20.9 Å². The summed E-state index contributed by atoms with van der Waals surface area (Å²) in [6, 6.07) is 0. The van der Waals surface area contributed by atoms with Gasteiger partial charge in [-0.1, -0.05) is 0 Å². The molecule has 0 heterocycles.